The molecule has 1 aliphatic carbocycles. The van der Waals surface area contributed by atoms with Crippen LogP contribution in [-0.2, 0) is 16.4 Å². The minimum absolute atomic E-state index is 0.0587. The number of rotatable bonds is 6. The number of hydrogen-bond acceptors (Lipinski definition) is 6. The molecule has 134 valence electrons. The zero-order chi connectivity index (χ0) is 18.1. The van der Waals surface area contributed by atoms with Gasteiger partial charge in [-0.15, -0.1) is 0 Å². The fourth-order valence-electron chi connectivity index (χ4n) is 2.67. The highest BCUT2D eigenvalue weighted by molar-refractivity contribution is 7.89. The summed E-state index contributed by atoms with van der Waals surface area (Å²) in [6.45, 7) is 0. The molecule has 4 N–H and O–H groups in total. The molecule has 26 heavy (non-hydrogen) atoms. The van der Waals surface area contributed by atoms with Crippen molar-refractivity contribution in [3.63, 3.8) is 0 Å². The Bertz CT molecular complexity index is 1030. The van der Waals surface area contributed by atoms with Gasteiger partial charge in [-0.2, -0.15) is 5.10 Å². The summed E-state index contributed by atoms with van der Waals surface area (Å²) in [4.78, 5) is 8.75. The average Bonchev–Trinajstić information content (AvgIpc) is 3.35. The van der Waals surface area contributed by atoms with Gasteiger partial charge in [-0.1, -0.05) is 0 Å². The molecular weight excluding hydrogens is 352 g/mol. The van der Waals surface area contributed by atoms with Crippen LogP contribution in [-0.4, -0.2) is 28.6 Å². The van der Waals surface area contributed by atoms with E-state index in [4.69, 9.17) is 5.14 Å². The van der Waals surface area contributed by atoms with Gasteiger partial charge in [-0.3, -0.25) is 5.10 Å². The molecule has 0 aliphatic heterocycles. The first-order valence-corrected chi connectivity index (χ1v) is 9.78. The Morgan fingerprint density at radius 2 is 1.96 bits per heavy atom. The lowest BCUT2D eigenvalue weighted by Gasteiger charge is -2.07. The second-order valence-corrected chi connectivity index (χ2v) is 7.90. The number of hydrogen-bond donors (Lipinski definition) is 3. The number of nitrogens with zero attached hydrogens (tertiary/aromatic N) is 3. The zero-order valence-electron chi connectivity index (χ0n) is 13.9. The first kappa shape index (κ1) is 16.7. The predicted octanol–water partition coefficient (Wildman–Crippen LogP) is 2.06. The first-order valence-electron chi connectivity index (χ1n) is 8.23. The highest BCUT2D eigenvalue weighted by Crippen LogP contribution is 2.39. The fourth-order valence-corrected chi connectivity index (χ4v) is 3.18. The van der Waals surface area contributed by atoms with Crippen molar-refractivity contribution in [2.45, 2.75) is 30.1 Å². The third kappa shape index (κ3) is 3.89. The summed E-state index contributed by atoms with van der Waals surface area (Å²) in [5.74, 6) is 1.05. The van der Waals surface area contributed by atoms with Crippen molar-refractivity contribution >= 4 is 21.7 Å². The highest BCUT2D eigenvalue weighted by Gasteiger charge is 2.26. The van der Waals surface area contributed by atoms with E-state index in [1.807, 2.05) is 6.07 Å². The van der Waals surface area contributed by atoms with Gasteiger partial charge in [0, 0.05) is 29.9 Å². The van der Waals surface area contributed by atoms with Gasteiger partial charge in [0.05, 0.1) is 16.3 Å². The van der Waals surface area contributed by atoms with E-state index in [9.17, 15) is 8.42 Å². The Balaban J connectivity index is 1.46. The monoisotopic (exact) mass is 370 g/mol. The van der Waals surface area contributed by atoms with Crippen molar-refractivity contribution in [1.82, 2.24) is 20.2 Å². The molecule has 4 rings (SSSR count). The Morgan fingerprint density at radius 1 is 1.19 bits per heavy atom. The Kier molecular flexibility index (Phi) is 4.17. The second-order valence-electron chi connectivity index (χ2n) is 6.34. The molecule has 0 radical (unpaired) electrons. The summed E-state index contributed by atoms with van der Waals surface area (Å²) in [5, 5.41) is 15.6. The molecule has 0 spiro atoms. The number of primary sulfonamides is 1. The SMILES string of the molecule is NS(=O)(=O)c1ccc(Nc2nccc(Cc3cc(C4CC4)n[nH]3)n2)cc1. The van der Waals surface area contributed by atoms with Gasteiger partial charge >= 0.3 is 0 Å². The lowest BCUT2D eigenvalue weighted by atomic mass is 10.2. The van der Waals surface area contributed by atoms with E-state index in [1.54, 1.807) is 18.3 Å². The summed E-state index contributed by atoms with van der Waals surface area (Å²) < 4.78 is 22.6. The molecule has 0 amide bonds. The standard InChI is InChI=1S/C17H18N6O2S/c18-26(24,25)15-5-3-12(4-6-15)20-17-19-8-7-13(21-17)9-14-10-16(23-22-14)11-1-2-11/h3-8,10-11H,1-2,9H2,(H,22,23)(H2,18,24,25)(H,19,20,21). The van der Waals surface area contributed by atoms with E-state index in [-0.39, 0.29) is 4.90 Å². The topological polar surface area (TPSA) is 127 Å². The maximum absolute atomic E-state index is 11.3. The first-order chi connectivity index (χ1) is 12.5. The quantitative estimate of drug-likeness (QED) is 0.609. The van der Waals surface area contributed by atoms with Crippen LogP contribution in [0.5, 0.6) is 0 Å². The van der Waals surface area contributed by atoms with Crippen LogP contribution in [0.15, 0.2) is 47.5 Å². The van der Waals surface area contributed by atoms with Gasteiger partial charge in [-0.05, 0) is 49.2 Å². The number of anilines is 2. The molecule has 1 aliphatic rings. The maximum atomic E-state index is 11.3. The minimum atomic E-state index is -3.70. The number of benzene rings is 1. The van der Waals surface area contributed by atoms with E-state index in [0.29, 0.717) is 24.0 Å². The van der Waals surface area contributed by atoms with Crippen molar-refractivity contribution in [3.05, 3.63) is 59.7 Å². The number of aromatic amines is 1. The van der Waals surface area contributed by atoms with Gasteiger partial charge in [0.25, 0.3) is 0 Å². The number of sulfonamides is 1. The molecular formula is C17H18N6O2S. The second kappa shape index (κ2) is 6.50. The Labute approximate surface area is 150 Å². The minimum Gasteiger partial charge on any atom is -0.324 e. The van der Waals surface area contributed by atoms with Crippen LogP contribution in [0.2, 0.25) is 0 Å². The van der Waals surface area contributed by atoms with Gasteiger partial charge < -0.3 is 5.32 Å². The molecule has 1 aromatic carbocycles. The van der Waals surface area contributed by atoms with Gasteiger partial charge in [0.1, 0.15) is 0 Å². The largest absolute Gasteiger partial charge is 0.324 e. The molecule has 2 heterocycles. The van der Waals surface area contributed by atoms with Crippen molar-refractivity contribution in [1.29, 1.82) is 0 Å². The third-order valence-corrected chi connectivity index (χ3v) is 5.10. The molecule has 1 fully saturated rings. The molecule has 0 atom stereocenters. The van der Waals surface area contributed by atoms with Crippen LogP contribution < -0.4 is 10.5 Å². The van der Waals surface area contributed by atoms with Crippen LogP contribution in [0.25, 0.3) is 0 Å². The number of nitrogens with two attached hydrogens (primary N) is 1. The molecule has 0 bridgehead atoms. The highest BCUT2D eigenvalue weighted by atomic mass is 32.2. The maximum Gasteiger partial charge on any atom is 0.238 e. The summed E-state index contributed by atoms with van der Waals surface area (Å²) in [5.41, 5.74) is 3.68. The zero-order valence-corrected chi connectivity index (χ0v) is 14.7. The lowest BCUT2D eigenvalue weighted by Crippen LogP contribution is -2.11. The lowest BCUT2D eigenvalue weighted by molar-refractivity contribution is 0.598. The molecule has 1 saturated carbocycles. The molecule has 2 aromatic heterocycles. The molecule has 3 aromatic rings. The number of nitrogens with one attached hydrogen (secondary N) is 2. The van der Waals surface area contributed by atoms with E-state index in [2.05, 4.69) is 31.5 Å². The van der Waals surface area contributed by atoms with E-state index < -0.39 is 10.0 Å². The predicted molar refractivity (Wildman–Crippen MR) is 96.5 cm³/mol. The summed E-state index contributed by atoms with van der Waals surface area (Å²) in [7, 11) is -3.70. The number of H-pyrrole nitrogens is 1. The molecule has 9 heteroatoms. The normalized spacial score (nSPS) is 14.3. The fraction of sp³-hybridized carbons (Fsp3) is 0.235. The Hall–Kier alpha value is -2.78. The van der Waals surface area contributed by atoms with Crippen molar-refractivity contribution in [3.8, 4) is 0 Å². The average molecular weight is 370 g/mol. The summed E-state index contributed by atoms with van der Waals surface area (Å²) in [6.07, 6.45) is 4.76. The van der Waals surface area contributed by atoms with E-state index in [1.165, 1.54) is 25.0 Å². The van der Waals surface area contributed by atoms with Gasteiger partial charge in [0.15, 0.2) is 0 Å². The molecule has 0 unspecified atom stereocenters. The van der Waals surface area contributed by atoms with Crippen molar-refractivity contribution < 1.29 is 8.42 Å². The van der Waals surface area contributed by atoms with E-state index >= 15 is 0 Å². The third-order valence-electron chi connectivity index (χ3n) is 4.17. The Morgan fingerprint density at radius 3 is 2.65 bits per heavy atom. The van der Waals surface area contributed by atoms with Gasteiger partial charge in [0.2, 0.25) is 16.0 Å². The molecule has 0 saturated heterocycles. The van der Waals surface area contributed by atoms with Gasteiger partial charge in [-0.25, -0.2) is 23.5 Å². The van der Waals surface area contributed by atoms with Crippen LogP contribution >= 0.6 is 0 Å². The van der Waals surface area contributed by atoms with Crippen LogP contribution in [0, 0.1) is 0 Å². The summed E-state index contributed by atoms with van der Waals surface area (Å²) in [6, 6.07) is 10.1. The summed E-state index contributed by atoms with van der Waals surface area (Å²) >= 11 is 0. The van der Waals surface area contributed by atoms with Crippen molar-refractivity contribution in [2.75, 3.05) is 5.32 Å². The smallest absolute Gasteiger partial charge is 0.238 e. The van der Waals surface area contributed by atoms with Crippen LogP contribution in [0.1, 0.15) is 35.8 Å². The van der Waals surface area contributed by atoms with Crippen LogP contribution in [0.3, 0.4) is 0 Å². The molecule has 8 nitrogen and oxygen atoms in total. The van der Waals surface area contributed by atoms with Crippen molar-refractivity contribution in [2.24, 2.45) is 5.14 Å². The van der Waals surface area contributed by atoms with Crippen LogP contribution in [0.4, 0.5) is 11.6 Å². The van der Waals surface area contributed by atoms with E-state index in [0.717, 1.165) is 17.1 Å². The number of aromatic nitrogens is 4.